The molecule has 0 unspecified atom stereocenters. The number of methoxy groups -OCH3 is 2. The van der Waals surface area contributed by atoms with Crippen LogP contribution in [-0.2, 0) is 6.42 Å². The van der Waals surface area contributed by atoms with Gasteiger partial charge in [-0.15, -0.1) is 5.10 Å². The molecule has 186 valence electrons. The lowest BCUT2D eigenvalue weighted by atomic mass is 9.81. The molecule has 0 bridgehead atoms. The van der Waals surface area contributed by atoms with Crippen LogP contribution in [0.15, 0.2) is 91.3 Å². The average molecular weight is 501 g/mol. The lowest BCUT2D eigenvalue weighted by molar-refractivity contribution is 0.414. The molecule has 6 aromatic rings. The van der Waals surface area contributed by atoms with Gasteiger partial charge < -0.3 is 14.2 Å². The van der Waals surface area contributed by atoms with Crippen LogP contribution in [0.25, 0.3) is 16.4 Å². The van der Waals surface area contributed by atoms with Crippen molar-refractivity contribution >= 4 is 16.4 Å². The van der Waals surface area contributed by atoms with E-state index in [0.29, 0.717) is 18.1 Å². The van der Waals surface area contributed by atoms with Gasteiger partial charge in [-0.05, 0) is 52.2 Å². The maximum Gasteiger partial charge on any atom is 0.228 e. The minimum Gasteiger partial charge on any atom is -0.497 e. The van der Waals surface area contributed by atoms with E-state index in [1.807, 2.05) is 42.5 Å². The Morgan fingerprint density at radius 2 is 1.55 bits per heavy atom. The summed E-state index contributed by atoms with van der Waals surface area (Å²) in [4.78, 5) is 9.68. The fourth-order valence-corrected chi connectivity index (χ4v) is 5.28. The molecule has 0 saturated carbocycles. The van der Waals surface area contributed by atoms with Crippen LogP contribution in [0.1, 0.15) is 34.0 Å². The number of benzene rings is 4. The summed E-state index contributed by atoms with van der Waals surface area (Å²) in [5.41, 5.74) is 4.92. The van der Waals surface area contributed by atoms with Gasteiger partial charge in [0.25, 0.3) is 0 Å². The predicted octanol–water partition coefficient (Wildman–Crippen LogP) is 6.17. The highest BCUT2D eigenvalue weighted by atomic mass is 16.5. The quantitative estimate of drug-likeness (QED) is 0.281. The lowest BCUT2D eigenvalue weighted by Crippen LogP contribution is -2.15. The van der Waals surface area contributed by atoms with Crippen LogP contribution >= 0.6 is 0 Å². The normalized spacial score (nSPS) is 14.1. The van der Waals surface area contributed by atoms with Crippen molar-refractivity contribution in [2.45, 2.75) is 12.3 Å². The Labute approximate surface area is 219 Å². The Balaban J connectivity index is 1.42. The molecular weight excluding hydrogens is 476 g/mol. The number of fused-ring (bicyclic) bond motifs is 6. The number of hydrogen-bond donors (Lipinski definition) is 0. The van der Waals surface area contributed by atoms with Crippen molar-refractivity contribution in [1.82, 2.24) is 19.6 Å². The molecule has 7 rings (SSSR count). The maximum atomic E-state index is 6.41. The summed E-state index contributed by atoms with van der Waals surface area (Å²) in [6.45, 7) is 0. The number of nitrogens with zero attached hydrogens (tertiary/aromatic N) is 4. The molecule has 1 aliphatic heterocycles. The van der Waals surface area contributed by atoms with Crippen molar-refractivity contribution in [3.63, 3.8) is 0 Å². The van der Waals surface area contributed by atoms with E-state index >= 15 is 0 Å². The summed E-state index contributed by atoms with van der Waals surface area (Å²) >= 11 is 0. The fourth-order valence-electron chi connectivity index (χ4n) is 5.28. The molecule has 7 nitrogen and oxygen atoms in total. The second-order valence-corrected chi connectivity index (χ2v) is 9.29. The molecule has 0 saturated heterocycles. The van der Waals surface area contributed by atoms with Crippen LogP contribution in [0.4, 0.5) is 0 Å². The van der Waals surface area contributed by atoms with E-state index in [9.17, 15) is 0 Å². The molecule has 0 N–H and O–H groups in total. The molecule has 1 aliphatic rings. The van der Waals surface area contributed by atoms with E-state index in [-0.39, 0.29) is 5.92 Å². The first-order valence-electron chi connectivity index (χ1n) is 12.4. The van der Waals surface area contributed by atoms with Gasteiger partial charge in [0, 0.05) is 17.9 Å². The first-order chi connectivity index (χ1) is 18.7. The summed E-state index contributed by atoms with van der Waals surface area (Å²) in [5.74, 6) is 3.53. The average Bonchev–Trinajstić information content (AvgIpc) is 3.39. The zero-order valence-electron chi connectivity index (χ0n) is 21.0. The number of hydrogen-bond acceptors (Lipinski definition) is 6. The molecule has 4 aromatic carbocycles. The third kappa shape index (κ3) is 3.63. The molecular formula is C31H24N4O3. The van der Waals surface area contributed by atoms with Gasteiger partial charge in [0.05, 0.1) is 19.8 Å². The van der Waals surface area contributed by atoms with E-state index in [2.05, 4.69) is 47.4 Å². The van der Waals surface area contributed by atoms with Gasteiger partial charge >= 0.3 is 0 Å². The molecule has 1 atom stereocenters. The molecule has 0 radical (unpaired) electrons. The van der Waals surface area contributed by atoms with Gasteiger partial charge in [0.15, 0.2) is 11.5 Å². The van der Waals surface area contributed by atoms with Crippen molar-refractivity contribution in [3.8, 4) is 23.1 Å². The smallest absolute Gasteiger partial charge is 0.228 e. The molecule has 0 spiro atoms. The Bertz CT molecular complexity index is 1790. The van der Waals surface area contributed by atoms with Crippen LogP contribution in [-0.4, -0.2) is 33.8 Å². The summed E-state index contributed by atoms with van der Waals surface area (Å²) in [7, 11) is 3.34. The van der Waals surface area contributed by atoms with Crippen molar-refractivity contribution in [3.05, 3.63) is 119 Å². The Morgan fingerprint density at radius 1 is 0.816 bits per heavy atom. The monoisotopic (exact) mass is 500 g/mol. The summed E-state index contributed by atoms with van der Waals surface area (Å²) < 4.78 is 18.9. The molecule has 0 fully saturated rings. The van der Waals surface area contributed by atoms with E-state index in [1.165, 1.54) is 0 Å². The molecule has 7 heteroatoms. The van der Waals surface area contributed by atoms with E-state index in [4.69, 9.17) is 24.3 Å². The van der Waals surface area contributed by atoms with Crippen molar-refractivity contribution in [2.75, 3.05) is 14.2 Å². The standard InChI is InChI=1S/C31H24N4O3/c1-36-22-12-7-19(8-13-22)17-26-33-30-29-27(21-9-14-23(37-2)15-10-21)28-24-6-4-3-5-20(24)11-16-25(28)38-31(29)32-18-35(30)34-26/h3-16,18,27H,17H2,1-2H3/t27-/m0/s1. The predicted molar refractivity (Wildman–Crippen MR) is 145 cm³/mol. The van der Waals surface area contributed by atoms with Crippen molar-refractivity contribution < 1.29 is 14.2 Å². The van der Waals surface area contributed by atoms with Gasteiger partial charge in [0.1, 0.15) is 23.6 Å². The second-order valence-electron chi connectivity index (χ2n) is 9.29. The Morgan fingerprint density at radius 3 is 2.32 bits per heavy atom. The number of ether oxygens (including phenoxy) is 3. The maximum absolute atomic E-state index is 6.41. The van der Waals surface area contributed by atoms with Crippen LogP contribution in [0.3, 0.4) is 0 Å². The van der Waals surface area contributed by atoms with Crippen LogP contribution in [0.5, 0.6) is 23.1 Å². The molecule has 3 heterocycles. The summed E-state index contributed by atoms with van der Waals surface area (Å²) in [6, 6.07) is 28.6. The molecule has 0 amide bonds. The lowest BCUT2D eigenvalue weighted by Gasteiger charge is -2.29. The SMILES string of the molecule is COc1ccc(Cc2nc3c4c(ncn3n2)Oc2ccc3ccccc3c2[C@@H]4c2ccc(OC)cc2)cc1. The first kappa shape index (κ1) is 22.3. The highest BCUT2D eigenvalue weighted by Crippen LogP contribution is 2.50. The summed E-state index contributed by atoms with van der Waals surface area (Å²) in [5, 5.41) is 7.06. The first-order valence-corrected chi connectivity index (χ1v) is 12.4. The minimum absolute atomic E-state index is 0.153. The highest BCUT2D eigenvalue weighted by molar-refractivity contribution is 5.90. The van der Waals surface area contributed by atoms with Gasteiger partial charge in [-0.2, -0.15) is 0 Å². The van der Waals surface area contributed by atoms with Crippen LogP contribution in [0, 0.1) is 0 Å². The van der Waals surface area contributed by atoms with E-state index in [1.54, 1.807) is 25.1 Å². The zero-order chi connectivity index (χ0) is 25.6. The summed E-state index contributed by atoms with van der Waals surface area (Å²) in [6.07, 6.45) is 2.27. The van der Waals surface area contributed by atoms with Crippen molar-refractivity contribution in [1.29, 1.82) is 0 Å². The van der Waals surface area contributed by atoms with Gasteiger partial charge in [-0.25, -0.2) is 14.5 Å². The van der Waals surface area contributed by atoms with Crippen LogP contribution < -0.4 is 14.2 Å². The Hall–Kier alpha value is -4.91. The Kier molecular flexibility index (Phi) is 5.21. The molecule has 2 aromatic heterocycles. The molecule has 0 aliphatic carbocycles. The van der Waals surface area contributed by atoms with Gasteiger partial charge in [0.2, 0.25) is 5.88 Å². The molecule has 38 heavy (non-hydrogen) atoms. The van der Waals surface area contributed by atoms with E-state index in [0.717, 1.165) is 55.9 Å². The van der Waals surface area contributed by atoms with E-state index < -0.39 is 0 Å². The van der Waals surface area contributed by atoms with Crippen molar-refractivity contribution in [2.24, 2.45) is 0 Å². The number of rotatable bonds is 5. The topological polar surface area (TPSA) is 70.8 Å². The highest BCUT2D eigenvalue weighted by Gasteiger charge is 2.34. The second kappa shape index (κ2) is 8.88. The van der Waals surface area contributed by atoms with Gasteiger partial charge in [-0.3, -0.25) is 0 Å². The largest absolute Gasteiger partial charge is 0.497 e. The van der Waals surface area contributed by atoms with Crippen LogP contribution in [0.2, 0.25) is 0 Å². The fraction of sp³-hybridized carbons (Fsp3) is 0.129. The van der Waals surface area contributed by atoms with Gasteiger partial charge in [-0.1, -0.05) is 54.6 Å². The third-order valence-corrected chi connectivity index (χ3v) is 7.12. The number of aromatic nitrogens is 4. The minimum atomic E-state index is -0.153. The zero-order valence-corrected chi connectivity index (χ0v) is 21.0. The third-order valence-electron chi connectivity index (χ3n) is 7.12.